The van der Waals surface area contributed by atoms with Crippen molar-refractivity contribution in [2.24, 2.45) is 4.99 Å². The number of nitrogens with zero attached hydrogens (tertiary/aromatic N) is 1. The van der Waals surface area contributed by atoms with E-state index < -0.39 is 0 Å². The van der Waals surface area contributed by atoms with Gasteiger partial charge in [-0.1, -0.05) is 24.3 Å². The second-order valence-corrected chi connectivity index (χ2v) is 3.46. The van der Waals surface area contributed by atoms with Gasteiger partial charge in [0, 0.05) is 23.0 Å². The quantitative estimate of drug-likeness (QED) is 0.660. The van der Waals surface area contributed by atoms with E-state index in [1.165, 1.54) is 5.39 Å². The fourth-order valence-corrected chi connectivity index (χ4v) is 1.81. The Balaban J connectivity index is 2.57. The Morgan fingerprint density at radius 3 is 3.00 bits per heavy atom. The molecule has 0 bridgehead atoms. The lowest BCUT2D eigenvalue weighted by Gasteiger charge is -1.94. The van der Waals surface area contributed by atoms with Gasteiger partial charge in [0.1, 0.15) is 0 Å². The molecule has 3 rings (SSSR count). The zero-order valence-corrected chi connectivity index (χ0v) is 8.14. The second-order valence-electron chi connectivity index (χ2n) is 3.46. The summed E-state index contributed by atoms with van der Waals surface area (Å²) in [6, 6.07) is 6.20. The van der Waals surface area contributed by atoms with Crippen LogP contribution in [0.1, 0.15) is 0 Å². The Morgan fingerprint density at radius 1 is 1.00 bits per heavy atom. The standard InChI is InChI=1S/C13H10N2/c1-2-4-11-12(14-8-3-1)6-5-10-7-9-15-13(10)11/h1-9,15H/b2-1-,3-1?,4-2?,8-3-,11-4+,14-8?,14-12-. The predicted octanol–water partition coefficient (Wildman–Crippen LogP) is 1.65. The fourth-order valence-electron chi connectivity index (χ4n) is 1.81. The molecule has 2 heterocycles. The van der Waals surface area contributed by atoms with Gasteiger partial charge in [-0.2, -0.15) is 0 Å². The molecule has 0 aliphatic carbocycles. The highest BCUT2D eigenvalue weighted by Gasteiger charge is 1.97. The second kappa shape index (κ2) is 3.24. The van der Waals surface area contributed by atoms with Crippen molar-refractivity contribution < 1.29 is 0 Å². The average Bonchev–Trinajstić information content (AvgIpc) is 2.65. The molecule has 0 radical (unpaired) electrons. The third kappa shape index (κ3) is 1.31. The molecule has 1 aromatic carbocycles. The third-order valence-electron chi connectivity index (χ3n) is 2.53. The van der Waals surface area contributed by atoms with Gasteiger partial charge in [0.15, 0.2) is 0 Å². The minimum atomic E-state index is 1.01. The Morgan fingerprint density at radius 2 is 2.00 bits per heavy atom. The van der Waals surface area contributed by atoms with Crippen molar-refractivity contribution in [2.45, 2.75) is 0 Å². The highest BCUT2D eigenvalue weighted by Crippen LogP contribution is 2.04. The maximum absolute atomic E-state index is 4.39. The van der Waals surface area contributed by atoms with Crippen LogP contribution in [-0.2, 0) is 0 Å². The first-order valence-corrected chi connectivity index (χ1v) is 4.93. The van der Waals surface area contributed by atoms with Crippen molar-refractivity contribution in [3.63, 3.8) is 0 Å². The molecule has 0 fully saturated rings. The lowest BCUT2D eigenvalue weighted by Crippen LogP contribution is -2.25. The largest absolute Gasteiger partial charge is 0.361 e. The molecule has 0 amide bonds. The molecule has 0 spiro atoms. The lowest BCUT2D eigenvalue weighted by molar-refractivity contribution is 1.31. The maximum Gasteiger partial charge on any atom is 0.0723 e. The van der Waals surface area contributed by atoms with E-state index in [1.54, 1.807) is 0 Å². The van der Waals surface area contributed by atoms with E-state index in [2.05, 4.69) is 28.2 Å². The van der Waals surface area contributed by atoms with Crippen LogP contribution in [0.3, 0.4) is 0 Å². The summed E-state index contributed by atoms with van der Waals surface area (Å²) >= 11 is 0. The minimum absolute atomic E-state index is 1.01. The van der Waals surface area contributed by atoms with E-state index in [0.717, 1.165) is 16.1 Å². The minimum Gasteiger partial charge on any atom is -0.361 e. The molecule has 0 saturated heterocycles. The van der Waals surface area contributed by atoms with Gasteiger partial charge in [-0.15, -0.1) is 0 Å². The average molecular weight is 194 g/mol. The van der Waals surface area contributed by atoms with E-state index in [1.807, 2.05) is 36.7 Å². The molecule has 1 N–H and O–H groups in total. The Bertz CT molecular complexity index is 672. The van der Waals surface area contributed by atoms with Gasteiger partial charge >= 0.3 is 0 Å². The summed E-state index contributed by atoms with van der Waals surface area (Å²) in [6.45, 7) is 0. The zero-order valence-electron chi connectivity index (χ0n) is 8.14. The van der Waals surface area contributed by atoms with E-state index in [-0.39, 0.29) is 0 Å². The summed E-state index contributed by atoms with van der Waals surface area (Å²) < 4.78 is 0. The molecule has 1 aliphatic heterocycles. The van der Waals surface area contributed by atoms with E-state index in [9.17, 15) is 0 Å². The normalized spacial score (nSPS) is 22.7. The molecule has 0 saturated carbocycles. The smallest absolute Gasteiger partial charge is 0.0723 e. The van der Waals surface area contributed by atoms with Crippen molar-refractivity contribution in [3.8, 4) is 0 Å². The maximum atomic E-state index is 4.39. The monoisotopic (exact) mass is 194 g/mol. The first-order chi connectivity index (χ1) is 7.45. The zero-order chi connectivity index (χ0) is 10.1. The topological polar surface area (TPSA) is 28.1 Å². The van der Waals surface area contributed by atoms with Crippen LogP contribution in [0.4, 0.5) is 0 Å². The summed E-state index contributed by atoms with van der Waals surface area (Å²) in [4.78, 5) is 7.64. The molecule has 1 aromatic heterocycles. The van der Waals surface area contributed by atoms with Crippen LogP contribution in [0.25, 0.3) is 17.0 Å². The molecule has 72 valence electrons. The lowest BCUT2D eigenvalue weighted by atomic mass is 10.2. The van der Waals surface area contributed by atoms with E-state index in [4.69, 9.17) is 0 Å². The Labute approximate surface area is 87.0 Å². The number of rotatable bonds is 0. The number of aromatic nitrogens is 1. The molecular weight excluding hydrogens is 184 g/mol. The predicted molar refractivity (Wildman–Crippen MR) is 61.8 cm³/mol. The van der Waals surface area contributed by atoms with Gasteiger partial charge in [0.05, 0.1) is 10.9 Å². The van der Waals surface area contributed by atoms with Crippen molar-refractivity contribution in [1.82, 2.24) is 4.98 Å². The molecule has 0 unspecified atom stereocenters. The summed E-state index contributed by atoms with van der Waals surface area (Å²) in [5.41, 5.74) is 1.15. The van der Waals surface area contributed by atoms with Crippen molar-refractivity contribution >= 4 is 17.0 Å². The van der Waals surface area contributed by atoms with Crippen LogP contribution in [-0.4, -0.2) is 4.98 Å². The van der Waals surface area contributed by atoms with Gasteiger partial charge in [-0.05, 0) is 18.2 Å². The van der Waals surface area contributed by atoms with Crippen LogP contribution in [0.15, 0.2) is 53.8 Å². The van der Waals surface area contributed by atoms with Crippen LogP contribution >= 0.6 is 0 Å². The summed E-state index contributed by atoms with van der Waals surface area (Å²) in [6.07, 6.45) is 11.8. The number of allylic oxidation sites excluding steroid dienone is 3. The first-order valence-electron chi connectivity index (χ1n) is 4.93. The highest BCUT2D eigenvalue weighted by atomic mass is 14.7. The molecule has 1 aliphatic rings. The van der Waals surface area contributed by atoms with Gasteiger partial charge in [-0.3, -0.25) is 4.99 Å². The van der Waals surface area contributed by atoms with Gasteiger partial charge < -0.3 is 4.98 Å². The third-order valence-corrected chi connectivity index (χ3v) is 2.53. The van der Waals surface area contributed by atoms with Gasteiger partial charge in [-0.25, -0.2) is 0 Å². The SMILES string of the molecule is C1=C\C=c2/c(ccc3cc[nH]c23)=N\C=C/1. The van der Waals surface area contributed by atoms with Crippen molar-refractivity contribution in [2.75, 3.05) is 0 Å². The van der Waals surface area contributed by atoms with Crippen molar-refractivity contribution in [3.05, 3.63) is 59.4 Å². The summed E-state index contributed by atoms with van der Waals surface area (Å²) in [7, 11) is 0. The number of nitrogens with one attached hydrogen (secondary N) is 1. The molecule has 15 heavy (non-hydrogen) atoms. The van der Waals surface area contributed by atoms with E-state index >= 15 is 0 Å². The summed E-state index contributed by atoms with van der Waals surface area (Å²) in [5.74, 6) is 0. The van der Waals surface area contributed by atoms with Crippen LogP contribution in [0.2, 0.25) is 0 Å². The number of aromatic amines is 1. The van der Waals surface area contributed by atoms with Gasteiger partial charge in [0.2, 0.25) is 0 Å². The number of H-pyrrole nitrogens is 1. The van der Waals surface area contributed by atoms with Crippen molar-refractivity contribution in [1.29, 1.82) is 0 Å². The molecule has 2 aromatic rings. The van der Waals surface area contributed by atoms with Crippen LogP contribution < -0.4 is 10.6 Å². The molecular formula is C13H10N2. The Hall–Kier alpha value is -2.09. The molecule has 0 atom stereocenters. The molecule has 2 nitrogen and oxygen atoms in total. The number of hydrogen-bond acceptors (Lipinski definition) is 1. The first kappa shape index (κ1) is 8.24. The van der Waals surface area contributed by atoms with E-state index in [0.29, 0.717) is 0 Å². The number of benzene rings is 1. The van der Waals surface area contributed by atoms with Crippen LogP contribution in [0, 0.1) is 0 Å². The number of hydrogen-bond donors (Lipinski definition) is 1. The molecule has 2 heteroatoms. The van der Waals surface area contributed by atoms with Crippen LogP contribution in [0.5, 0.6) is 0 Å². The Kier molecular flexibility index (Phi) is 1.78. The fraction of sp³-hybridized carbons (Fsp3) is 0. The van der Waals surface area contributed by atoms with Gasteiger partial charge in [0.25, 0.3) is 0 Å². The summed E-state index contributed by atoms with van der Waals surface area (Å²) in [5, 5.41) is 3.38. The highest BCUT2D eigenvalue weighted by molar-refractivity contribution is 5.80. The number of fused-ring (bicyclic) bond motifs is 3.